The second-order valence-corrected chi connectivity index (χ2v) is 6.07. The number of hydrogen-bond acceptors (Lipinski definition) is 4. The van der Waals surface area contributed by atoms with Gasteiger partial charge in [0, 0.05) is 5.56 Å². The number of para-hydroxylation sites is 2. The molecular weight excluding hydrogens is 340 g/mol. The van der Waals surface area contributed by atoms with E-state index in [9.17, 15) is 4.79 Å². The summed E-state index contributed by atoms with van der Waals surface area (Å²) in [7, 11) is 1.57. The number of benzene rings is 3. The van der Waals surface area contributed by atoms with Crippen LogP contribution in [0, 0.1) is 0 Å². The van der Waals surface area contributed by atoms with Gasteiger partial charge in [0.25, 0.3) is 0 Å². The van der Waals surface area contributed by atoms with E-state index in [1.165, 1.54) is 0 Å². The van der Waals surface area contributed by atoms with Gasteiger partial charge in [0.1, 0.15) is 12.4 Å². The summed E-state index contributed by atoms with van der Waals surface area (Å²) >= 11 is 0. The predicted octanol–water partition coefficient (Wildman–Crippen LogP) is 4.92. The fraction of sp³-hybridized carbons (Fsp3) is 0.174. The molecule has 0 radical (unpaired) electrons. The molecule has 0 aliphatic rings. The first kappa shape index (κ1) is 18.5. The number of rotatable bonds is 8. The SMILES string of the molecule is COc1ccccc1O[C@H](C)C(=O)c1ccc(OCc2ccccc2)cc1. The molecule has 0 amide bonds. The number of ketones is 1. The number of carbonyl (C=O) groups is 1. The van der Waals surface area contributed by atoms with Crippen LogP contribution in [0.2, 0.25) is 0 Å². The van der Waals surface area contributed by atoms with Gasteiger partial charge in [0.05, 0.1) is 7.11 Å². The molecule has 27 heavy (non-hydrogen) atoms. The molecule has 0 N–H and O–H groups in total. The first-order chi connectivity index (χ1) is 13.2. The summed E-state index contributed by atoms with van der Waals surface area (Å²) in [6.07, 6.45) is -0.627. The van der Waals surface area contributed by atoms with E-state index in [1.807, 2.05) is 42.5 Å². The van der Waals surface area contributed by atoms with Crippen molar-refractivity contribution in [3.05, 3.63) is 90.0 Å². The number of hydrogen-bond donors (Lipinski definition) is 0. The molecule has 1 atom stereocenters. The lowest BCUT2D eigenvalue weighted by Crippen LogP contribution is -2.24. The van der Waals surface area contributed by atoms with Gasteiger partial charge in [-0.25, -0.2) is 0 Å². The predicted molar refractivity (Wildman–Crippen MR) is 105 cm³/mol. The van der Waals surface area contributed by atoms with Crippen molar-refractivity contribution in [2.24, 2.45) is 0 Å². The van der Waals surface area contributed by atoms with Crippen LogP contribution in [0.3, 0.4) is 0 Å². The second kappa shape index (κ2) is 8.90. The monoisotopic (exact) mass is 362 g/mol. The largest absolute Gasteiger partial charge is 0.493 e. The standard InChI is InChI=1S/C23H22O4/c1-17(27-22-11-7-6-10-21(22)25-2)23(24)19-12-14-20(15-13-19)26-16-18-8-4-3-5-9-18/h3-15,17H,16H2,1-2H3/t17-/m1/s1. The lowest BCUT2D eigenvalue weighted by Gasteiger charge is -2.16. The average molecular weight is 362 g/mol. The van der Waals surface area contributed by atoms with Crippen LogP contribution in [0.4, 0.5) is 0 Å². The Morgan fingerprint density at radius 3 is 2.15 bits per heavy atom. The van der Waals surface area contributed by atoms with Gasteiger partial charge in [0.15, 0.2) is 17.6 Å². The third-order valence-corrected chi connectivity index (χ3v) is 4.13. The van der Waals surface area contributed by atoms with E-state index in [1.54, 1.807) is 50.4 Å². The summed E-state index contributed by atoms with van der Waals surface area (Å²) in [5.74, 6) is 1.76. The maximum atomic E-state index is 12.6. The molecule has 0 aliphatic heterocycles. The first-order valence-corrected chi connectivity index (χ1v) is 8.78. The minimum Gasteiger partial charge on any atom is -0.493 e. The maximum Gasteiger partial charge on any atom is 0.203 e. The van der Waals surface area contributed by atoms with Gasteiger partial charge >= 0.3 is 0 Å². The first-order valence-electron chi connectivity index (χ1n) is 8.78. The summed E-state index contributed by atoms with van der Waals surface area (Å²) in [5, 5.41) is 0. The molecule has 3 rings (SSSR count). The van der Waals surface area contributed by atoms with E-state index >= 15 is 0 Å². The number of methoxy groups -OCH3 is 1. The van der Waals surface area contributed by atoms with E-state index in [2.05, 4.69) is 0 Å². The van der Waals surface area contributed by atoms with Gasteiger partial charge in [0.2, 0.25) is 5.78 Å². The Morgan fingerprint density at radius 1 is 0.852 bits per heavy atom. The molecule has 0 saturated carbocycles. The molecule has 3 aromatic rings. The minimum atomic E-state index is -0.627. The van der Waals surface area contributed by atoms with Crippen LogP contribution in [0.5, 0.6) is 17.2 Å². The minimum absolute atomic E-state index is 0.101. The smallest absolute Gasteiger partial charge is 0.203 e. The Kier molecular flexibility index (Phi) is 6.10. The van der Waals surface area contributed by atoms with Crippen molar-refractivity contribution in [1.29, 1.82) is 0 Å². The van der Waals surface area contributed by atoms with Crippen molar-refractivity contribution in [1.82, 2.24) is 0 Å². The van der Waals surface area contributed by atoms with E-state index in [4.69, 9.17) is 14.2 Å². The van der Waals surface area contributed by atoms with Crippen molar-refractivity contribution < 1.29 is 19.0 Å². The Hall–Kier alpha value is -3.27. The van der Waals surface area contributed by atoms with Crippen molar-refractivity contribution in [2.45, 2.75) is 19.6 Å². The molecule has 4 nitrogen and oxygen atoms in total. The van der Waals surface area contributed by atoms with E-state index in [0.29, 0.717) is 29.4 Å². The van der Waals surface area contributed by atoms with Gasteiger partial charge in [-0.3, -0.25) is 4.79 Å². The highest BCUT2D eigenvalue weighted by Gasteiger charge is 2.18. The Labute approximate surface area is 159 Å². The van der Waals surface area contributed by atoms with Gasteiger partial charge in [-0.15, -0.1) is 0 Å². The molecular formula is C23H22O4. The second-order valence-electron chi connectivity index (χ2n) is 6.07. The Balaban J connectivity index is 1.61. The van der Waals surface area contributed by atoms with Crippen LogP contribution in [0.25, 0.3) is 0 Å². The lowest BCUT2D eigenvalue weighted by molar-refractivity contribution is 0.0814. The number of ether oxygens (including phenoxy) is 3. The van der Waals surface area contributed by atoms with Crippen molar-refractivity contribution in [3.63, 3.8) is 0 Å². The molecule has 0 saturated heterocycles. The Bertz CT molecular complexity index is 872. The summed E-state index contributed by atoms with van der Waals surface area (Å²) in [4.78, 5) is 12.6. The van der Waals surface area contributed by atoms with Crippen LogP contribution in [0.15, 0.2) is 78.9 Å². The highest BCUT2D eigenvalue weighted by atomic mass is 16.5. The van der Waals surface area contributed by atoms with Gasteiger partial charge in [-0.05, 0) is 48.9 Å². The molecule has 0 bridgehead atoms. The topological polar surface area (TPSA) is 44.8 Å². The Morgan fingerprint density at radius 2 is 1.48 bits per heavy atom. The number of carbonyl (C=O) groups excluding carboxylic acids is 1. The van der Waals surface area contributed by atoms with Crippen LogP contribution in [0.1, 0.15) is 22.8 Å². The summed E-state index contributed by atoms with van der Waals surface area (Å²) in [6.45, 7) is 2.22. The summed E-state index contributed by atoms with van der Waals surface area (Å²) in [6, 6.07) is 24.3. The zero-order valence-electron chi connectivity index (χ0n) is 15.4. The normalized spacial score (nSPS) is 11.5. The van der Waals surface area contributed by atoms with Crippen LogP contribution in [-0.2, 0) is 6.61 Å². The average Bonchev–Trinajstić information content (AvgIpc) is 2.73. The fourth-order valence-electron chi connectivity index (χ4n) is 2.65. The zero-order valence-corrected chi connectivity index (χ0v) is 15.4. The lowest BCUT2D eigenvalue weighted by atomic mass is 10.1. The van der Waals surface area contributed by atoms with E-state index < -0.39 is 6.10 Å². The molecule has 138 valence electrons. The molecule has 4 heteroatoms. The van der Waals surface area contributed by atoms with Gasteiger partial charge in [-0.2, -0.15) is 0 Å². The highest BCUT2D eigenvalue weighted by molar-refractivity contribution is 5.99. The van der Waals surface area contributed by atoms with Crippen LogP contribution < -0.4 is 14.2 Å². The molecule has 0 aliphatic carbocycles. The van der Waals surface area contributed by atoms with E-state index in [0.717, 1.165) is 5.56 Å². The molecule has 0 fully saturated rings. The zero-order chi connectivity index (χ0) is 19.1. The van der Waals surface area contributed by atoms with Crippen molar-refractivity contribution >= 4 is 5.78 Å². The van der Waals surface area contributed by atoms with Crippen LogP contribution in [-0.4, -0.2) is 19.0 Å². The summed E-state index contributed by atoms with van der Waals surface area (Å²) in [5.41, 5.74) is 1.67. The molecule has 0 heterocycles. The molecule has 3 aromatic carbocycles. The van der Waals surface area contributed by atoms with E-state index in [-0.39, 0.29) is 5.78 Å². The maximum absolute atomic E-state index is 12.6. The fourth-order valence-corrected chi connectivity index (χ4v) is 2.65. The third kappa shape index (κ3) is 4.88. The molecule has 0 unspecified atom stereocenters. The van der Waals surface area contributed by atoms with Crippen molar-refractivity contribution in [2.75, 3.05) is 7.11 Å². The quantitative estimate of drug-likeness (QED) is 0.533. The highest BCUT2D eigenvalue weighted by Crippen LogP contribution is 2.27. The number of Topliss-reactive ketones (excluding diaryl/α,β-unsaturated/α-hetero) is 1. The molecule has 0 aromatic heterocycles. The van der Waals surface area contributed by atoms with Crippen molar-refractivity contribution in [3.8, 4) is 17.2 Å². The third-order valence-electron chi connectivity index (χ3n) is 4.13. The van der Waals surface area contributed by atoms with Crippen LogP contribution >= 0.6 is 0 Å². The van der Waals surface area contributed by atoms with Gasteiger partial charge in [-0.1, -0.05) is 42.5 Å². The summed E-state index contributed by atoms with van der Waals surface area (Å²) < 4.78 is 16.8. The van der Waals surface area contributed by atoms with Gasteiger partial charge < -0.3 is 14.2 Å². The molecule has 0 spiro atoms.